The Bertz CT molecular complexity index is 1360. The number of sulfonamides is 2. The molecule has 4 rings (SSSR count). The van der Waals surface area contributed by atoms with E-state index in [2.05, 4.69) is 5.48 Å². The summed E-state index contributed by atoms with van der Waals surface area (Å²) in [7, 11) is -8.00. The summed E-state index contributed by atoms with van der Waals surface area (Å²) in [5, 5.41) is 0. The summed E-state index contributed by atoms with van der Waals surface area (Å²) in [5.41, 5.74) is 1.78. The lowest BCUT2D eigenvalue weighted by molar-refractivity contribution is -0.202. The van der Waals surface area contributed by atoms with Crippen molar-refractivity contribution in [3.63, 3.8) is 0 Å². The molecule has 1 aromatic carbocycles. The van der Waals surface area contributed by atoms with E-state index in [0.717, 1.165) is 51.2 Å². The molecular weight excluding hydrogens is 571 g/mol. The minimum Gasteiger partial charge on any atom is -0.350 e. The fraction of sp³-hybridized carbons (Fsp3) is 0.500. The molecule has 0 radical (unpaired) electrons. The van der Waals surface area contributed by atoms with E-state index in [9.17, 15) is 34.8 Å². The van der Waals surface area contributed by atoms with Crippen molar-refractivity contribution in [1.29, 1.82) is 0 Å². The number of nitrogens with one attached hydrogen (secondary N) is 1. The minimum atomic E-state index is -4.50. The summed E-state index contributed by atoms with van der Waals surface area (Å²) in [4.78, 5) is 18.7. The number of carbonyl (C=O) groups is 1. The molecule has 210 valence electrons. The van der Waals surface area contributed by atoms with Gasteiger partial charge < -0.3 is 4.74 Å². The first kappa shape index (κ1) is 28.9. The SMILES string of the molecule is CS(=O)(=O)N1CCN(S(=O)(=O)c2ccc(-c3ccc(C(F)(F)F)cc3)s2)C(C(=O)NOC2CCCCO2)C1. The molecule has 0 saturated carbocycles. The Kier molecular flexibility index (Phi) is 8.52. The zero-order valence-corrected chi connectivity index (χ0v) is 22.6. The lowest BCUT2D eigenvalue weighted by Crippen LogP contribution is -2.61. The molecule has 2 atom stereocenters. The normalized spacial score (nSPS) is 22.3. The summed E-state index contributed by atoms with van der Waals surface area (Å²) >= 11 is 0.830. The molecule has 16 heteroatoms. The van der Waals surface area contributed by atoms with Crippen LogP contribution in [0.4, 0.5) is 13.2 Å². The number of alkyl halides is 3. The van der Waals surface area contributed by atoms with Gasteiger partial charge in [-0.3, -0.25) is 4.79 Å². The average Bonchev–Trinajstić information content (AvgIpc) is 3.38. The first-order valence-electron chi connectivity index (χ1n) is 11.6. The van der Waals surface area contributed by atoms with Gasteiger partial charge in [0.25, 0.3) is 15.9 Å². The predicted molar refractivity (Wildman–Crippen MR) is 132 cm³/mol. The first-order chi connectivity index (χ1) is 17.8. The number of hydrogen-bond donors (Lipinski definition) is 1. The average molecular weight is 598 g/mol. The molecule has 2 aliphatic rings. The van der Waals surface area contributed by atoms with Crippen molar-refractivity contribution in [3.05, 3.63) is 42.0 Å². The fourth-order valence-electron chi connectivity index (χ4n) is 4.09. The lowest BCUT2D eigenvalue weighted by atomic mass is 10.1. The van der Waals surface area contributed by atoms with Gasteiger partial charge in [0.2, 0.25) is 10.0 Å². The molecule has 2 saturated heterocycles. The zero-order valence-electron chi connectivity index (χ0n) is 20.2. The molecular formula is C22H26F3N3O7S3. The highest BCUT2D eigenvalue weighted by Crippen LogP contribution is 2.36. The molecule has 2 unspecified atom stereocenters. The second kappa shape index (κ2) is 11.2. The van der Waals surface area contributed by atoms with E-state index in [4.69, 9.17) is 9.57 Å². The summed E-state index contributed by atoms with van der Waals surface area (Å²) in [6.45, 7) is -0.422. The Balaban J connectivity index is 1.56. The second-order valence-electron chi connectivity index (χ2n) is 8.83. The van der Waals surface area contributed by atoms with Crippen LogP contribution in [0, 0.1) is 0 Å². The van der Waals surface area contributed by atoms with Gasteiger partial charge in [-0.15, -0.1) is 11.3 Å². The van der Waals surface area contributed by atoms with Crippen molar-refractivity contribution in [1.82, 2.24) is 14.1 Å². The van der Waals surface area contributed by atoms with Crippen molar-refractivity contribution in [2.45, 2.75) is 42.0 Å². The Hall–Kier alpha value is -2.08. The molecule has 38 heavy (non-hydrogen) atoms. The number of thiophene rings is 1. The topological polar surface area (TPSA) is 122 Å². The van der Waals surface area contributed by atoms with Crippen LogP contribution in [0.2, 0.25) is 0 Å². The van der Waals surface area contributed by atoms with Crippen LogP contribution in [0.1, 0.15) is 24.8 Å². The number of ether oxygens (including phenoxy) is 1. The van der Waals surface area contributed by atoms with E-state index >= 15 is 0 Å². The number of hydroxylamine groups is 1. The molecule has 10 nitrogen and oxygen atoms in total. The maximum absolute atomic E-state index is 13.6. The molecule has 0 spiro atoms. The maximum atomic E-state index is 13.6. The van der Waals surface area contributed by atoms with Gasteiger partial charge in [0.1, 0.15) is 10.3 Å². The van der Waals surface area contributed by atoms with Crippen molar-refractivity contribution in [2.24, 2.45) is 0 Å². The molecule has 2 fully saturated rings. The summed E-state index contributed by atoms with van der Waals surface area (Å²) < 4.78 is 97.2. The number of piperazine rings is 1. The Morgan fingerprint density at radius 2 is 1.79 bits per heavy atom. The monoisotopic (exact) mass is 597 g/mol. The number of rotatable bonds is 7. The summed E-state index contributed by atoms with van der Waals surface area (Å²) in [6.07, 6.45) is -2.03. The third-order valence-corrected chi connectivity index (χ3v) is 10.9. The van der Waals surface area contributed by atoms with Crippen LogP contribution in [0.15, 0.2) is 40.6 Å². The van der Waals surface area contributed by atoms with Gasteiger partial charge in [-0.05, 0) is 42.7 Å². The van der Waals surface area contributed by atoms with E-state index in [-0.39, 0.29) is 17.3 Å². The molecule has 0 bridgehead atoms. The predicted octanol–water partition coefficient (Wildman–Crippen LogP) is 2.64. The first-order valence-corrected chi connectivity index (χ1v) is 15.7. The van der Waals surface area contributed by atoms with Gasteiger partial charge in [0.05, 0.1) is 11.8 Å². The molecule has 3 heterocycles. The zero-order chi connectivity index (χ0) is 27.7. The smallest absolute Gasteiger partial charge is 0.350 e. The summed E-state index contributed by atoms with van der Waals surface area (Å²) in [5.74, 6) is -0.851. The Morgan fingerprint density at radius 1 is 1.08 bits per heavy atom. The highest BCUT2D eigenvalue weighted by molar-refractivity contribution is 7.91. The van der Waals surface area contributed by atoms with E-state index < -0.39 is 56.6 Å². The van der Waals surface area contributed by atoms with E-state index in [0.29, 0.717) is 23.5 Å². The number of benzene rings is 1. The van der Waals surface area contributed by atoms with E-state index in [1.165, 1.54) is 24.3 Å². The highest BCUT2D eigenvalue weighted by Gasteiger charge is 2.43. The van der Waals surface area contributed by atoms with Crippen LogP contribution < -0.4 is 5.48 Å². The van der Waals surface area contributed by atoms with Crippen LogP contribution >= 0.6 is 11.3 Å². The van der Waals surface area contributed by atoms with Crippen LogP contribution in [-0.4, -0.2) is 76.2 Å². The molecule has 0 aliphatic carbocycles. The lowest BCUT2D eigenvalue weighted by Gasteiger charge is -2.38. The van der Waals surface area contributed by atoms with Gasteiger partial charge in [-0.2, -0.15) is 21.8 Å². The number of hydrogen-bond acceptors (Lipinski definition) is 8. The van der Waals surface area contributed by atoms with Gasteiger partial charge in [0.15, 0.2) is 6.29 Å². The molecule has 1 amide bonds. The standard InChI is InChI=1S/C22H26F3N3O7S3/c1-37(30,31)27-11-12-28(17(14-27)21(29)26-35-19-4-2-3-13-34-19)38(32,33)20-10-9-18(36-20)15-5-7-16(8-6-15)22(23,24)25/h5-10,17,19H,2-4,11-14H2,1H3,(H,26,29). The summed E-state index contributed by atoms with van der Waals surface area (Å²) in [6, 6.07) is 5.65. The maximum Gasteiger partial charge on any atom is 0.416 e. The number of halogens is 3. The van der Waals surface area contributed by atoms with Crippen molar-refractivity contribution in [3.8, 4) is 10.4 Å². The quantitative estimate of drug-likeness (QED) is 0.487. The van der Waals surface area contributed by atoms with Gasteiger partial charge in [-0.1, -0.05) is 12.1 Å². The van der Waals surface area contributed by atoms with Crippen LogP contribution in [0.25, 0.3) is 10.4 Å². The van der Waals surface area contributed by atoms with E-state index in [1.807, 2.05) is 0 Å². The van der Waals surface area contributed by atoms with Crippen LogP contribution in [0.3, 0.4) is 0 Å². The van der Waals surface area contributed by atoms with Crippen molar-refractivity contribution in [2.75, 3.05) is 32.5 Å². The number of nitrogens with zero attached hydrogens (tertiary/aromatic N) is 2. The number of amides is 1. The largest absolute Gasteiger partial charge is 0.416 e. The van der Waals surface area contributed by atoms with Crippen LogP contribution in [0.5, 0.6) is 0 Å². The fourth-order valence-corrected chi connectivity index (χ4v) is 7.93. The van der Waals surface area contributed by atoms with Crippen LogP contribution in [-0.2, 0) is 40.6 Å². The highest BCUT2D eigenvalue weighted by atomic mass is 32.2. The molecule has 2 aromatic rings. The van der Waals surface area contributed by atoms with Gasteiger partial charge >= 0.3 is 6.18 Å². The third kappa shape index (κ3) is 6.55. The van der Waals surface area contributed by atoms with Crippen molar-refractivity contribution < 1.29 is 44.4 Å². The Morgan fingerprint density at radius 3 is 2.39 bits per heavy atom. The second-order valence-corrected chi connectivity index (χ2v) is 14.0. The molecule has 1 aromatic heterocycles. The van der Waals surface area contributed by atoms with Gasteiger partial charge in [0, 0.05) is 37.5 Å². The van der Waals surface area contributed by atoms with E-state index in [1.54, 1.807) is 0 Å². The number of carbonyl (C=O) groups excluding carboxylic acids is 1. The van der Waals surface area contributed by atoms with Crippen molar-refractivity contribution >= 4 is 37.3 Å². The molecule has 2 aliphatic heterocycles. The third-order valence-electron chi connectivity index (χ3n) is 6.14. The van der Waals surface area contributed by atoms with Gasteiger partial charge in [-0.25, -0.2) is 27.2 Å². The Labute approximate surface area is 222 Å². The molecule has 1 N–H and O–H groups in total. The minimum absolute atomic E-state index is 0.144.